The smallest absolute Gasteiger partial charge is 0.250 e. The molecule has 0 saturated carbocycles. The van der Waals surface area contributed by atoms with Gasteiger partial charge in [-0.1, -0.05) is 42.5 Å². The van der Waals surface area contributed by atoms with E-state index in [1.165, 1.54) is 0 Å². The molecule has 4 atom stereocenters. The summed E-state index contributed by atoms with van der Waals surface area (Å²) in [4.78, 5) is 29.9. The van der Waals surface area contributed by atoms with Crippen LogP contribution in [0.25, 0.3) is 0 Å². The second-order valence-corrected chi connectivity index (χ2v) is 8.39. The van der Waals surface area contributed by atoms with Crippen LogP contribution in [0.4, 0.5) is 5.69 Å². The molecule has 2 fully saturated rings. The third-order valence-electron chi connectivity index (χ3n) is 7.16. The molecule has 5 heteroatoms. The van der Waals surface area contributed by atoms with Gasteiger partial charge in [0.1, 0.15) is 17.1 Å². The summed E-state index contributed by atoms with van der Waals surface area (Å²) >= 11 is 0. The van der Waals surface area contributed by atoms with Gasteiger partial charge in [-0.2, -0.15) is 0 Å². The molecule has 1 aromatic carbocycles. The van der Waals surface area contributed by atoms with Crippen molar-refractivity contribution in [2.45, 2.75) is 30.3 Å². The fourth-order valence-corrected chi connectivity index (χ4v) is 6.17. The van der Waals surface area contributed by atoms with Crippen LogP contribution in [0.15, 0.2) is 71.4 Å². The summed E-state index contributed by atoms with van der Waals surface area (Å²) in [5.74, 6) is -0.115. The number of allylic oxidation sites excluding steroid dienone is 4. The van der Waals surface area contributed by atoms with E-state index in [1.54, 1.807) is 6.26 Å². The summed E-state index contributed by atoms with van der Waals surface area (Å²) in [5, 5.41) is 3.08. The Hall–Kier alpha value is -2.92. The highest BCUT2D eigenvalue weighted by atomic mass is 16.3. The highest BCUT2D eigenvalue weighted by molar-refractivity contribution is 6.10. The number of para-hydroxylation sites is 1. The molecule has 4 aliphatic rings. The highest BCUT2D eigenvalue weighted by Gasteiger charge is 2.70. The van der Waals surface area contributed by atoms with Gasteiger partial charge in [-0.05, 0) is 37.6 Å². The first-order valence-electron chi connectivity index (χ1n) is 10.3. The summed E-state index contributed by atoms with van der Waals surface area (Å²) in [5.41, 5.74) is 0.769. The van der Waals surface area contributed by atoms with Crippen molar-refractivity contribution in [3.05, 3.63) is 78.3 Å². The van der Waals surface area contributed by atoms with Gasteiger partial charge >= 0.3 is 0 Å². The van der Waals surface area contributed by atoms with Crippen molar-refractivity contribution in [2.75, 3.05) is 11.9 Å². The third kappa shape index (κ3) is 2.08. The van der Waals surface area contributed by atoms with E-state index in [-0.39, 0.29) is 29.6 Å². The predicted molar refractivity (Wildman–Crippen MR) is 108 cm³/mol. The van der Waals surface area contributed by atoms with Crippen molar-refractivity contribution in [1.29, 1.82) is 0 Å². The Bertz CT molecular complexity index is 1040. The lowest BCUT2D eigenvalue weighted by Gasteiger charge is -2.37. The molecule has 1 aliphatic carbocycles. The SMILES string of the molecule is O=C(C1C=CC=C1)[C@H]1[C@H](c2ccco2)C2CCCN2[C@]12C(=O)Nc1ccccc12. The van der Waals surface area contributed by atoms with Crippen LogP contribution in [-0.2, 0) is 15.1 Å². The molecule has 0 bridgehead atoms. The van der Waals surface area contributed by atoms with Gasteiger partial charge in [-0.25, -0.2) is 0 Å². The van der Waals surface area contributed by atoms with E-state index in [9.17, 15) is 9.59 Å². The number of amides is 1. The third-order valence-corrected chi connectivity index (χ3v) is 7.16. The maximum Gasteiger partial charge on any atom is 0.250 e. The fraction of sp³-hybridized carbons (Fsp3) is 0.333. The minimum absolute atomic E-state index is 0.0797. The van der Waals surface area contributed by atoms with Crippen molar-refractivity contribution in [1.82, 2.24) is 4.90 Å². The Morgan fingerprint density at radius 2 is 1.97 bits per heavy atom. The van der Waals surface area contributed by atoms with Crippen molar-refractivity contribution >= 4 is 17.4 Å². The van der Waals surface area contributed by atoms with Crippen molar-refractivity contribution in [3.63, 3.8) is 0 Å². The van der Waals surface area contributed by atoms with Crippen LogP contribution in [-0.4, -0.2) is 29.2 Å². The van der Waals surface area contributed by atoms with Crippen LogP contribution in [0.3, 0.4) is 0 Å². The molecule has 1 N–H and O–H groups in total. The first-order chi connectivity index (χ1) is 14.2. The molecular formula is C24H22N2O3. The molecule has 3 aliphatic heterocycles. The molecule has 0 radical (unpaired) electrons. The Balaban J connectivity index is 1.61. The number of ketones is 1. The van der Waals surface area contributed by atoms with Crippen LogP contribution in [0.1, 0.15) is 30.1 Å². The van der Waals surface area contributed by atoms with Gasteiger partial charge < -0.3 is 9.73 Å². The zero-order valence-corrected chi connectivity index (χ0v) is 16.0. The molecule has 1 unspecified atom stereocenters. The lowest BCUT2D eigenvalue weighted by Crippen LogP contribution is -2.53. The number of furan rings is 1. The lowest BCUT2D eigenvalue weighted by molar-refractivity contribution is -0.137. The van der Waals surface area contributed by atoms with Crippen molar-refractivity contribution < 1.29 is 14.0 Å². The molecule has 2 aromatic rings. The summed E-state index contributed by atoms with van der Waals surface area (Å²) < 4.78 is 5.85. The van der Waals surface area contributed by atoms with Crippen LogP contribution in [0.5, 0.6) is 0 Å². The lowest BCUT2D eigenvalue weighted by atomic mass is 9.69. The molecule has 6 rings (SSSR count). The van der Waals surface area contributed by atoms with Gasteiger partial charge in [-0.3, -0.25) is 14.5 Å². The monoisotopic (exact) mass is 386 g/mol. The Kier molecular flexibility index (Phi) is 3.54. The van der Waals surface area contributed by atoms with Crippen molar-refractivity contribution in [2.24, 2.45) is 11.8 Å². The minimum atomic E-state index is -0.976. The van der Waals surface area contributed by atoms with Crippen LogP contribution in [0, 0.1) is 11.8 Å². The molecule has 5 nitrogen and oxygen atoms in total. The number of hydrogen-bond donors (Lipinski definition) is 1. The average molecular weight is 386 g/mol. The molecule has 1 spiro atoms. The number of nitrogens with one attached hydrogen (secondary N) is 1. The van der Waals surface area contributed by atoms with Crippen LogP contribution < -0.4 is 5.32 Å². The van der Waals surface area contributed by atoms with Gasteiger partial charge in [0, 0.05) is 23.2 Å². The maximum atomic E-state index is 14.0. The molecule has 4 heterocycles. The normalized spacial score (nSPS) is 32.8. The quantitative estimate of drug-likeness (QED) is 0.875. The number of Topliss-reactive ketones (excluding diaryl/α,β-unsaturated/α-hetero) is 1. The topological polar surface area (TPSA) is 62.6 Å². The van der Waals surface area contributed by atoms with E-state index in [0.717, 1.165) is 36.4 Å². The van der Waals surface area contributed by atoms with E-state index in [0.29, 0.717) is 0 Å². The number of rotatable bonds is 3. The van der Waals surface area contributed by atoms with E-state index >= 15 is 0 Å². The van der Waals surface area contributed by atoms with E-state index in [1.807, 2.05) is 60.7 Å². The van der Waals surface area contributed by atoms with Crippen LogP contribution >= 0.6 is 0 Å². The zero-order valence-electron chi connectivity index (χ0n) is 16.0. The predicted octanol–water partition coefficient (Wildman–Crippen LogP) is 3.62. The van der Waals surface area contributed by atoms with Crippen LogP contribution in [0.2, 0.25) is 0 Å². The number of nitrogens with zero attached hydrogens (tertiary/aromatic N) is 1. The van der Waals surface area contributed by atoms with Gasteiger partial charge in [0.25, 0.3) is 0 Å². The summed E-state index contributed by atoms with van der Waals surface area (Å²) in [6, 6.07) is 11.8. The number of fused-ring (bicyclic) bond motifs is 4. The largest absolute Gasteiger partial charge is 0.469 e. The summed E-state index contributed by atoms with van der Waals surface area (Å²) in [7, 11) is 0. The first-order valence-corrected chi connectivity index (χ1v) is 10.3. The standard InChI is InChI=1S/C24H22N2O3/c27-22(15-7-1-2-8-15)21-20(19-12-6-14-29-19)18-11-5-13-26(18)24(21)16-9-3-4-10-17(16)25-23(24)28/h1-4,6-10,12,14-15,18,20-21H,5,11,13H2,(H,25,28)/t18?,20-,21+,24-/m0/s1. The van der Waals surface area contributed by atoms with E-state index in [2.05, 4.69) is 10.2 Å². The second kappa shape index (κ2) is 6.04. The molecule has 146 valence electrons. The van der Waals surface area contributed by atoms with E-state index < -0.39 is 11.5 Å². The molecule has 2 saturated heterocycles. The first kappa shape index (κ1) is 17.0. The number of carbonyl (C=O) groups excluding carboxylic acids is 2. The molecule has 1 amide bonds. The fourth-order valence-electron chi connectivity index (χ4n) is 6.17. The minimum Gasteiger partial charge on any atom is -0.469 e. The number of hydrogen-bond acceptors (Lipinski definition) is 4. The van der Waals surface area contributed by atoms with Gasteiger partial charge in [0.2, 0.25) is 5.91 Å². The zero-order chi connectivity index (χ0) is 19.6. The van der Waals surface area contributed by atoms with E-state index in [4.69, 9.17) is 4.42 Å². The maximum absolute atomic E-state index is 14.0. The molecular weight excluding hydrogens is 364 g/mol. The second-order valence-electron chi connectivity index (χ2n) is 8.39. The van der Waals surface area contributed by atoms with Gasteiger partial charge in [0.05, 0.1) is 18.1 Å². The number of anilines is 1. The Morgan fingerprint density at radius 1 is 1.14 bits per heavy atom. The Morgan fingerprint density at radius 3 is 2.76 bits per heavy atom. The van der Waals surface area contributed by atoms with Gasteiger partial charge in [0.15, 0.2) is 0 Å². The Labute approximate surface area is 169 Å². The molecule has 29 heavy (non-hydrogen) atoms. The molecule has 1 aromatic heterocycles. The number of carbonyl (C=O) groups is 2. The summed E-state index contributed by atoms with van der Waals surface area (Å²) in [6.45, 7) is 0.809. The van der Waals surface area contributed by atoms with Gasteiger partial charge in [-0.15, -0.1) is 0 Å². The summed E-state index contributed by atoms with van der Waals surface area (Å²) in [6.07, 6.45) is 11.3. The number of benzene rings is 1. The average Bonchev–Trinajstić information content (AvgIpc) is 3.54. The van der Waals surface area contributed by atoms with Crippen molar-refractivity contribution in [3.8, 4) is 0 Å². The highest BCUT2D eigenvalue weighted by Crippen LogP contribution is 2.61.